The molecule has 1 aromatic carbocycles. The molecule has 0 aliphatic carbocycles. The number of rotatable bonds is 6. The van der Waals surface area contributed by atoms with E-state index in [0.717, 1.165) is 0 Å². The first-order valence-corrected chi connectivity index (χ1v) is 6.48. The van der Waals surface area contributed by atoms with Gasteiger partial charge in [-0.2, -0.15) is 0 Å². The molecule has 1 aromatic heterocycles. The molecule has 0 amide bonds. The van der Waals surface area contributed by atoms with Gasteiger partial charge in [0, 0.05) is 17.6 Å². The highest BCUT2D eigenvalue weighted by atomic mass is 79.9. The van der Waals surface area contributed by atoms with Gasteiger partial charge in [-0.3, -0.25) is 0 Å². The maximum Gasteiger partial charge on any atom is 0.339 e. The van der Waals surface area contributed by atoms with Crippen LogP contribution < -0.4 is 4.74 Å². The van der Waals surface area contributed by atoms with Crippen molar-refractivity contribution in [2.45, 2.75) is 13.2 Å². The lowest BCUT2D eigenvalue weighted by Crippen LogP contribution is -2.03. The van der Waals surface area contributed by atoms with Crippen LogP contribution in [0.5, 0.6) is 5.75 Å². The van der Waals surface area contributed by atoms with E-state index in [9.17, 15) is 4.79 Å². The minimum atomic E-state index is -1.05. The summed E-state index contributed by atoms with van der Waals surface area (Å²) < 4.78 is 16.1. The quantitative estimate of drug-likeness (QED) is 0.869. The number of hydrogen-bond acceptors (Lipinski definition) is 5. The Bertz CT molecular complexity index is 611. The molecule has 0 atom stereocenters. The maximum atomic E-state index is 11.1. The van der Waals surface area contributed by atoms with E-state index in [0.29, 0.717) is 22.5 Å². The average molecular weight is 342 g/mol. The average Bonchev–Trinajstić information content (AvgIpc) is 2.85. The summed E-state index contributed by atoms with van der Waals surface area (Å²) in [6.07, 6.45) is 0. The largest absolute Gasteiger partial charge is 0.486 e. The maximum absolute atomic E-state index is 11.1. The van der Waals surface area contributed by atoms with Crippen LogP contribution in [-0.4, -0.2) is 23.3 Å². The zero-order valence-electron chi connectivity index (χ0n) is 10.6. The summed E-state index contributed by atoms with van der Waals surface area (Å²) in [4.78, 5) is 11.1. The molecule has 0 aliphatic heterocycles. The topological polar surface area (TPSA) is 81.8 Å². The van der Waals surface area contributed by atoms with Gasteiger partial charge in [-0.1, -0.05) is 21.1 Å². The molecule has 0 radical (unpaired) electrons. The molecule has 2 rings (SSSR count). The molecule has 0 saturated heterocycles. The van der Waals surface area contributed by atoms with Crippen molar-refractivity contribution < 1.29 is 23.9 Å². The van der Waals surface area contributed by atoms with Gasteiger partial charge in [0.05, 0.1) is 0 Å². The zero-order chi connectivity index (χ0) is 14.5. The van der Waals surface area contributed by atoms with Crippen molar-refractivity contribution in [3.63, 3.8) is 0 Å². The molecule has 0 fully saturated rings. The van der Waals surface area contributed by atoms with Crippen molar-refractivity contribution in [2.75, 3.05) is 7.11 Å². The van der Waals surface area contributed by atoms with Gasteiger partial charge < -0.3 is 19.1 Å². The number of ether oxygens (including phenoxy) is 2. The third-order valence-corrected chi connectivity index (χ3v) is 2.94. The van der Waals surface area contributed by atoms with Crippen LogP contribution >= 0.6 is 15.9 Å². The minimum Gasteiger partial charge on any atom is -0.486 e. The number of carboxylic acids is 1. The van der Waals surface area contributed by atoms with Crippen LogP contribution in [0.25, 0.3) is 0 Å². The van der Waals surface area contributed by atoms with Crippen molar-refractivity contribution in [1.29, 1.82) is 0 Å². The van der Waals surface area contributed by atoms with Gasteiger partial charge in [0.25, 0.3) is 0 Å². The van der Waals surface area contributed by atoms with Crippen LogP contribution in [0.4, 0.5) is 0 Å². The second-order valence-corrected chi connectivity index (χ2v) is 4.87. The van der Waals surface area contributed by atoms with Crippen LogP contribution in [0.2, 0.25) is 0 Å². The molecule has 0 bridgehead atoms. The molecule has 1 N–H and O–H groups in total. The summed E-state index contributed by atoms with van der Waals surface area (Å²) in [6.45, 7) is 0.445. The monoisotopic (exact) mass is 341 g/mol. The number of nitrogens with zero attached hydrogens (tertiary/aromatic N) is 1. The van der Waals surface area contributed by atoms with Crippen LogP contribution in [0.15, 0.2) is 33.3 Å². The van der Waals surface area contributed by atoms with Gasteiger partial charge in [-0.05, 0) is 18.2 Å². The number of aromatic nitrogens is 1. The standard InChI is InChI=1S/C13H12BrNO5/c1-18-7-10-5-9(15-20-10)6-19-12-3-2-8(14)4-11(12)13(16)17/h2-5H,6-7H2,1H3,(H,16,17). The molecule has 0 saturated carbocycles. The van der Waals surface area contributed by atoms with Crippen LogP contribution in [-0.2, 0) is 18.0 Å². The molecule has 7 heteroatoms. The van der Waals surface area contributed by atoms with Gasteiger partial charge in [0.15, 0.2) is 5.76 Å². The predicted molar refractivity (Wildman–Crippen MR) is 72.6 cm³/mol. The fourth-order valence-electron chi connectivity index (χ4n) is 1.58. The van der Waals surface area contributed by atoms with Crippen molar-refractivity contribution in [2.24, 2.45) is 0 Å². The lowest BCUT2D eigenvalue weighted by Gasteiger charge is -2.07. The summed E-state index contributed by atoms with van der Waals surface area (Å²) >= 11 is 3.22. The Labute approximate surface area is 123 Å². The second-order valence-electron chi connectivity index (χ2n) is 3.95. The van der Waals surface area contributed by atoms with Gasteiger partial charge in [0.1, 0.15) is 30.2 Å². The molecular formula is C13H12BrNO5. The van der Waals surface area contributed by atoms with E-state index in [4.69, 9.17) is 19.1 Å². The van der Waals surface area contributed by atoms with Gasteiger partial charge >= 0.3 is 5.97 Å². The third-order valence-electron chi connectivity index (χ3n) is 2.44. The van der Waals surface area contributed by atoms with Crippen LogP contribution in [0.1, 0.15) is 21.8 Å². The highest BCUT2D eigenvalue weighted by Gasteiger charge is 2.13. The Kier molecular flexibility index (Phi) is 4.75. The van der Waals surface area contributed by atoms with E-state index in [1.165, 1.54) is 6.07 Å². The Morgan fingerprint density at radius 2 is 2.20 bits per heavy atom. The smallest absolute Gasteiger partial charge is 0.339 e. The Balaban J connectivity index is 2.08. The predicted octanol–water partition coefficient (Wildman–Crippen LogP) is 2.86. The molecule has 2 aromatic rings. The first kappa shape index (κ1) is 14.5. The fraction of sp³-hybridized carbons (Fsp3) is 0.231. The fourth-order valence-corrected chi connectivity index (χ4v) is 1.94. The first-order chi connectivity index (χ1) is 9.60. The van der Waals surface area contributed by atoms with Gasteiger partial charge in [-0.25, -0.2) is 4.79 Å². The van der Waals surface area contributed by atoms with E-state index >= 15 is 0 Å². The number of hydrogen-bond donors (Lipinski definition) is 1. The Morgan fingerprint density at radius 1 is 1.40 bits per heavy atom. The molecular weight excluding hydrogens is 330 g/mol. The number of carboxylic acid groups (broad SMARTS) is 1. The second kappa shape index (κ2) is 6.53. The summed E-state index contributed by atoms with van der Waals surface area (Å²) in [5.74, 6) is -0.195. The van der Waals surface area contributed by atoms with Crippen molar-refractivity contribution in [3.05, 3.63) is 45.8 Å². The first-order valence-electron chi connectivity index (χ1n) is 5.69. The molecule has 0 aliphatic rings. The lowest BCUT2D eigenvalue weighted by molar-refractivity contribution is 0.0691. The number of halogens is 1. The van der Waals surface area contributed by atoms with Crippen LogP contribution in [0, 0.1) is 0 Å². The van der Waals surface area contributed by atoms with Gasteiger partial charge in [0.2, 0.25) is 0 Å². The highest BCUT2D eigenvalue weighted by molar-refractivity contribution is 9.10. The number of aromatic carboxylic acids is 1. The normalized spacial score (nSPS) is 10.5. The molecule has 0 unspecified atom stereocenters. The van der Waals surface area contributed by atoms with Crippen molar-refractivity contribution in [3.8, 4) is 5.75 Å². The minimum absolute atomic E-state index is 0.0833. The number of methoxy groups -OCH3 is 1. The number of carbonyl (C=O) groups is 1. The van der Waals surface area contributed by atoms with Gasteiger partial charge in [-0.15, -0.1) is 0 Å². The molecule has 1 heterocycles. The van der Waals surface area contributed by atoms with Crippen LogP contribution in [0.3, 0.4) is 0 Å². The van der Waals surface area contributed by atoms with E-state index in [2.05, 4.69) is 21.1 Å². The summed E-state index contributed by atoms with van der Waals surface area (Å²) in [7, 11) is 1.56. The highest BCUT2D eigenvalue weighted by Crippen LogP contribution is 2.24. The zero-order valence-corrected chi connectivity index (χ0v) is 12.2. The summed E-state index contributed by atoms with van der Waals surface area (Å²) in [5, 5.41) is 12.9. The molecule has 6 nitrogen and oxygen atoms in total. The Morgan fingerprint density at radius 3 is 2.90 bits per heavy atom. The van der Waals surface area contributed by atoms with Crippen molar-refractivity contribution >= 4 is 21.9 Å². The SMILES string of the molecule is COCc1cc(COc2ccc(Br)cc2C(=O)O)no1. The molecule has 0 spiro atoms. The molecule has 20 heavy (non-hydrogen) atoms. The third kappa shape index (κ3) is 3.58. The number of benzene rings is 1. The summed E-state index contributed by atoms with van der Waals surface area (Å²) in [6, 6.07) is 6.48. The summed E-state index contributed by atoms with van der Waals surface area (Å²) in [5.41, 5.74) is 0.649. The van der Waals surface area contributed by atoms with E-state index in [1.807, 2.05) is 0 Å². The van der Waals surface area contributed by atoms with E-state index < -0.39 is 5.97 Å². The van der Waals surface area contributed by atoms with E-state index in [1.54, 1.807) is 25.3 Å². The Hall–Kier alpha value is -1.86. The van der Waals surface area contributed by atoms with Crippen molar-refractivity contribution in [1.82, 2.24) is 5.16 Å². The lowest BCUT2D eigenvalue weighted by atomic mass is 10.2. The molecule has 106 valence electrons. The van der Waals surface area contributed by atoms with E-state index in [-0.39, 0.29) is 17.9 Å².